The minimum absolute atomic E-state index is 0.110. The Morgan fingerprint density at radius 1 is 1.33 bits per heavy atom. The van der Waals surface area contributed by atoms with Crippen LogP contribution in [0.4, 0.5) is 4.79 Å². The lowest BCUT2D eigenvalue weighted by Gasteiger charge is -2.24. The lowest BCUT2D eigenvalue weighted by molar-refractivity contribution is -0.148. The average Bonchev–Trinajstić information content (AvgIpc) is 2.93. The lowest BCUT2D eigenvalue weighted by atomic mass is 9.84. The Hall–Kier alpha value is -1.26. The van der Waals surface area contributed by atoms with Crippen LogP contribution in [-0.4, -0.2) is 41.6 Å². The number of carboxylic acid groups (broad SMARTS) is 1. The maximum Gasteiger partial charge on any atom is 0.317 e. The van der Waals surface area contributed by atoms with E-state index in [0.29, 0.717) is 38.4 Å². The molecule has 5 nitrogen and oxygen atoms in total. The number of amides is 2. The maximum absolute atomic E-state index is 12.2. The summed E-state index contributed by atoms with van der Waals surface area (Å²) in [4.78, 5) is 25.2. The van der Waals surface area contributed by atoms with Crippen LogP contribution in [0, 0.1) is 11.3 Å². The molecule has 1 fully saturated rings. The molecule has 1 heterocycles. The number of likely N-dealkylation sites (tertiary alicyclic amines) is 1. The number of urea groups is 1. The van der Waals surface area contributed by atoms with Crippen LogP contribution in [0.25, 0.3) is 0 Å². The van der Waals surface area contributed by atoms with Gasteiger partial charge in [-0.15, -0.1) is 0 Å². The Kier molecular flexibility index (Phi) is 6.99. The smallest absolute Gasteiger partial charge is 0.317 e. The second-order valence-corrected chi connectivity index (χ2v) is 6.21. The van der Waals surface area contributed by atoms with E-state index in [9.17, 15) is 14.7 Å². The van der Waals surface area contributed by atoms with Gasteiger partial charge in [-0.3, -0.25) is 4.79 Å². The van der Waals surface area contributed by atoms with Gasteiger partial charge in [-0.05, 0) is 25.2 Å². The van der Waals surface area contributed by atoms with E-state index in [-0.39, 0.29) is 6.03 Å². The van der Waals surface area contributed by atoms with Gasteiger partial charge < -0.3 is 15.3 Å². The van der Waals surface area contributed by atoms with Crippen molar-refractivity contribution in [3.05, 3.63) is 0 Å². The van der Waals surface area contributed by atoms with Gasteiger partial charge in [0.05, 0.1) is 5.41 Å². The monoisotopic (exact) mass is 298 g/mol. The lowest BCUT2D eigenvalue weighted by Crippen LogP contribution is -2.43. The first-order valence-electron chi connectivity index (χ1n) is 8.25. The first kappa shape index (κ1) is 17.8. The van der Waals surface area contributed by atoms with Crippen molar-refractivity contribution in [2.24, 2.45) is 11.3 Å². The molecule has 1 rings (SSSR count). The second kappa shape index (κ2) is 8.25. The molecule has 1 aliphatic rings. The van der Waals surface area contributed by atoms with E-state index in [2.05, 4.69) is 19.2 Å². The highest BCUT2D eigenvalue weighted by Crippen LogP contribution is 2.34. The highest BCUT2D eigenvalue weighted by molar-refractivity contribution is 5.79. The van der Waals surface area contributed by atoms with Crippen molar-refractivity contribution >= 4 is 12.0 Å². The molecule has 21 heavy (non-hydrogen) atoms. The third-order valence-electron chi connectivity index (χ3n) is 4.86. The minimum Gasteiger partial charge on any atom is -0.481 e. The van der Waals surface area contributed by atoms with Crippen LogP contribution in [0.2, 0.25) is 0 Å². The summed E-state index contributed by atoms with van der Waals surface area (Å²) in [6.45, 7) is 7.76. The Morgan fingerprint density at radius 3 is 2.52 bits per heavy atom. The molecule has 1 aliphatic heterocycles. The number of nitrogens with one attached hydrogen (secondary N) is 1. The number of rotatable bonds is 8. The van der Waals surface area contributed by atoms with Crippen molar-refractivity contribution in [1.29, 1.82) is 0 Å². The van der Waals surface area contributed by atoms with Gasteiger partial charge in [0.1, 0.15) is 0 Å². The number of hydrogen-bond acceptors (Lipinski definition) is 2. The molecule has 0 aromatic rings. The van der Waals surface area contributed by atoms with Crippen molar-refractivity contribution in [1.82, 2.24) is 10.2 Å². The number of hydrogen-bond donors (Lipinski definition) is 2. The highest BCUT2D eigenvalue weighted by Gasteiger charge is 2.44. The topological polar surface area (TPSA) is 69.6 Å². The van der Waals surface area contributed by atoms with E-state index in [1.165, 1.54) is 12.8 Å². The normalized spacial score (nSPS) is 23.1. The third-order valence-corrected chi connectivity index (χ3v) is 4.86. The van der Waals surface area contributed by atoms with Crippen LogP contribution < -0.4 is 5.32 Å². The second-order valence-electron chi connectivity index (χ2n) is 6.21. The SMILES string of the molecule is CCCCC(CC)CNC(=O)N1CCC(CC)(C(=O)O)C1. The summed E-state index contributed by atoms with van der Waals surface area (Å²) in [5, 5.41) is 12.3. The fraction of sp³-hybridized carbons (Fsp3) is 0.875. The van der Waals surface area contributed by atoms with Gasteiger partial charge >= 0.3 is 12.0 Å². The van der Waals surface area contributed by atoms with Crippen LogP contribution in [0.1, 0.15) is 59.3 Å². The molecule has 0 saturated carbocycles. The minimum atomic E-state index is -0.783. The molecule has 0 spiro atoms. The van der Waals surface area contributed by atoms with Crippen LogP contribution in [0.5, 0.6) is 0 Å². The summed E-state index contributed by atoms with van der Waals surface area (Å²) >= 11 is 0. The van der Waals surface area contributed by atoms with E-state index >= 15 is 0 Å². The van der Waals surface area contributed by atoms with Gasteiger partial charge in [-0.2, -0.15) is 0 Å². The average molecular weight is 298 g/mol. The van der Waals surface area contributed by atoms with Crippen molar-refractivity contribution in [3.8, 4) is 0 Å². The van der Waals surface area contributed by atoms with E-state index in [1.54, 1.807) is 4.90 Å². The van der Waals surface area contributed by atoms with Gasteiger partial charge in [0.15, 0.2) is 0 Å². The zero-order chi connectivity index (χ0) is 15.9. The molecule has 2 N–H and O–H groups in total. The first-order chi connectivity index (χ1) is 9.99. The quantitative estimate of drug-likeness (QED) is 0.723. The number of nitrogens with zero attached hydrogens (tertiary/aromatic N) is 1. The third kappa shape index (κ3) is 4.61. The summed E-state index contributed by atoms with van der Waals surface area (Å²) in [5.74, 6) is -0.262. The van der Waals surface area contributed by atoms with Crippen molar-refractivity contribution < 1.29 is 14.7 Å². The summed E-state index contributed by atoms with van der Waals surface area (Å²) in [6, 6.07) is -0.110. The van der Waals surface area contributed by atoms with Gasteiger partial charge in [0.25, 0.3) is 0 Å². The molecule has 2 unspecified atom stereocenters. The molecule has 0 aromatic carbocycles. The van der Waals surface area contributed by atoms with Gasteiger partial charge in [-0.25, -0.2) is 4.79 Å². The number of carbonyl (C=O) groups is 2. The molecule has 122 valence electrons. The molecular weight excluding hydrogens is 268 g/mol. The zero-order valence-corrected chi connectivity index (χ0v) is 13.7. The van der Waals surface area contributed by atoms with E-state index in [4.69, 9.17) is 0 Å². The Bertz CT molecular complexity index is 359. The molecular formula is C16H30N2O3. The molecule has 0 aliphatic carbocycles. The van der Waals surface area contributed by atoms with Crippen molar-refractivity contribution in [2.45, 2.75) is 59.3 Å². The van der Waals surface area contributed by atoms with Gasteiger partial charge in [0, 0.05) is 19.6 Å². The predicted octanol–water partition coefficient (Wildman–Crippen LogP) is 3.10. The molecule has 0 aromatic heterocycles. The van der Waals surface area contributed by atoms with E-state index in [0.717, 1.165) is 12.8 Å². The Morgan fingerprint density at radius 2 is 2.05 bits per heavy atom. The largest absolute Gasteiger partial charge is 0.481 e. The number of carbonyl (C=O) groups excluding carboxylic acids is 1. The van der Waals surface area contributed by atoms with Crippen LogP contribution in [0.3, 0.4) is 0 Å². The van der Waals surface area contributed by atoms with E-state index in [1.807, 2.05) is 6.92 Å². The number of aliphatic carboxylic acids is 1. The van der Waals surface area contributed by atoms with Crippen LogP contribution >= 0.6 is 0 Å². The molecule has 2 amide bonds. The molecule has 2 atom stereocenters. The zero-order valence-electron chi connectivity index (χ0n) is 13.7. The Labute approximate surface area is 128 Å². The Balaban J connectivity index is 2.45. The van der Waals surface area contributed by atoms with Gasteiger partial charge in [0.2, 0.25) is 0 Å². The molecule has 5 heteroatoms. The maximum atomic E-state index is 12.2. The fourth-order valence-electron chi connectivity index (χ4n) is 2.95. The number of unbranched alkanes of at least 4 members (excludes halogenated alkanes) is 1. The van der Waals surface area contributed by atoms with E-state index < -0.39 is 11.4 Å². The highest BCUT2D eigenvalue weighted by atomic mass is 16.4. The summed E-state index contributed by atoms with van der Waals surface area (Å²) < 4.78 is 0. The first-order valence-corrected chi connectivity index (χ1v) is 8.25. The standard InChI is InChI=1S/C16H30N2O3/c1-4-7-8-13(5-2)11-17-15(21)18-10-9-16(6-3,12-18)14(19)20/h13H,4-12H2,1-3H3,(H,17,21)(H,19,20). The van der Waals surface area contributed by atoms with Gasteiger partial charge in [-0.1, -0.05) is 40.0 Å². The van der Waals surface area contributed by atoms with Crippen LogP contribution in [-0.2, 0) is 4.79 Å². The molecule has 0 radical (unpaired) electrons. The summed E-state index contributed by atoms with van der Waals surface area (Å²) in [7, 11) is 0. The van der Waals surface area contributed by atoms with Crippen molar-refractivity contribution in [3.63, 3.8) is 0 Å². The molecule has 1 saturated heterocycles. The van der Waals surface area contributed by atoms with Crippen LogP contribution in [0.15, 0.2) is 0 Å². The summed E-state index contributed by atoms with van der Waals surface area (Å²) in [5.41, 5.74) is -0.746. The number of carboxylic acids is 1. The van der Waals surface area contributed by atoms with Crippen molar-refractivity contribution in [2.75, 3.05) is 19.6 Å². The predicted molar refractivity (Wildman–Crippen MR) is 83.3 cm³/mol. The summed E-state index contributed by atoms with van der Waals surface area (Å²) in [6.07, 6.45) is 5.69. The molecule has 0 bridgehead atoms. The fourth-order valence-corrected chi connectivity index (χ4v) is 2.95.